The normalized spacial score (nSPS) is 16.4. The molecule has 0 spiro atoms. The molecule has 3 aromatic rings. The van der Waals surface area contributed by atoms with Gasteiger partial charge in [0.1, 0.15) is 5.75 Å². The van der Waals surface area contributed by atoms with Gasteiger partial charge in [0.05, 0.1) is 0 Å². The third-order valence-electron chi connectivity index (χ3n) is 4.37. The molecule has 20 heavy (non-hydrogen) atoms. The second kappa shape index (κ2) is 4.10. The minimum Gasteiger partial charge on any atom is -0.508 e. The summed E-state index contributed by atoms with van der Waals surface area (Å²) >= 11 is 1.91. The van der Waals surface area contributed by atoms with Crippen molar-refractivity contribution in [3.05, 3.63) is 64.5 Å². The van der Waals surface area contributed by atoms with E-state index in [4.69, 9.17) is 0 Å². The van der Waals surface area contributed by atoms with E-state index in [1.165, 1.54) is 38.9 Å². The van der Waals surface area contributed by atoms with Crippen molar-refractivity contribution in [3.63, 3.8) is 0 Å². The smallest absolute Gasteiger partial charge is 0.115 e. The van der Waals surface area contributed by atoms with Crippen molar-refractivity contribution in [1.29, 1.82) is 0 Å². The first-order valence-electron chi connectivity index (χ1n) is 6.98. The Labute approximate surface area is 122 Å². The lowest BCUT2D eigenvalue weighted by Gasteiger charge is -2.17. The molecule has 1 N–H and O–H groups in total. The number of thiophene rings is 1. The van der Waals surface area contributed by atoms with Crippen molar-refractivity contribution in [2.75, 3.05) is 0 Å². The Morgan fingerprint density at radius 1 is 1.05 bits per heavy atom. The van der Waals surface area contributed by atoms with Crippen LogP contribution in [0.1, 0.15) is 28.8 Å². The predicted molar refractivity (Wildman–Crippen MR) is 84.7 cm³/mol. The van der Waals surface area contributed by atoms with Crippen molar-refractivity contribution < 1.29 is 5.11 Å². The molecule has 0 unspecified atom stereocenters. The number of rotatable bonds is 2. The summed E-state index contributed by atoms with van der Waals surface area (Å²) in [6, 6.07) is 16.7. The van der Waals surface area contributed by atoms with E-state index in [1.807, 2.05) is 23.5 Å². The van der Waals surface area contributed by atoms with Crippen LogP contribution in [0.2, 0.25) is 0 Å². The lowest BCUT2D eigenvalue weighted by Crippen LogP contribution is -2.08. The van der Waals surface area contributed by atoms with E-state index in [-0.39, 0.29) is 5.41 Å². The number of phenolic OH excluding ortho intramolecular Hbond substituents is 1. The molecule has 0 saturated heterocycles. The molecule has 1 saturated carbocycles. The molecule has 2 aromatic carbocycles. The maximum atomic E-state index is 9.61. The Bertz CT molecular complexity index is 763. The number of fused-ring (bicyclic) bond motifs is 1. The lowest BCUT2D eigenvalue weighted by molar-refractivity contribution is 0.474. The second-order valence-electron chi connectivity index (χ2n) is 5.73. The fourth-order valence-electron chi connectivity index (χ4n) is 3.18. The van der Waals surface area contributed by atoms with Crippen molar-refractivity contribution >= 4 is 21.4 Å². The van der Waals surface area contributed by atoms with Crippen LogP contribution in [0.3, 0.4) is 0 Å². The maximum Gasteiger partial charge on any atom is 0.115 e. The average Bonchev–Trinajstić information content (AvgIpc) is 3.11. The molecule has 0 bridgehead atoms. The predicted octanol–water partition coefficient (Wildman–Crippen LogP) is 5.00. The van der Waals surface area contributed by atoms with Crippen LogP contribution in [0.4, 0.5) is 0 Å². The highest BCUT2D eigenvalue weighted by Gasteiger charge is 2.47. The molecular weight excluding hydrogens is 264 g/mol. The monoisotopic (exact) mass is 280 g/mol. The Balaban J connectivity index is 1.87. The van der Waals surface area contributed by atoms with Gasteiger partial charge in [0.25, 0.3) is 0 Å². The van der Waals surface area contributed by atoms with Crippen LogP contribution in [0.15, 0.2) is 48.5 Å². The maximum absolute atomic E-state index is 9.61. The standard InChI is InChI=1S/C18H16OS/c1-12-10-14(19)6-7-15(12)18(8-9-18)17-11-13-4-2-3-5-16(13)20-17/h2-7,10-11,19H,8-9H2,1H3. The molecule has 2 heteroatoms. The molecule has 1 aliphatic rings. The van der Waals surface area contributed by atoms with E-state index < -0.39 is 0 Å². The number of hydrogen-bond acceptors (Lipinski definition) is 2. The molecule has 1 aromatic heterocycles. The van der Waals surface area contributed by atoms with Crippen LogP contribution in [-0.2, 0) is 5.41 Å². The van der Waals surface area contributed by atoms with Gasteiger partial charge in [-0.05, 0) is 60.5 Å². The summed E-state index contributed by atoms with van der Waals surface area (Å²) in [5.41, 5.74) is 2.77. The van der Waals surface area contributed by atoms with Crippen molar-refractivity contribution in [1.82, 2.24) is 0 Å². The first-order valence-corrected chi connectivity index (χ1v) is 7.80. The van der Waals surface area contributed by atoms with Gasteiger partial charge in [-0.1, -0.05) is 24.3 Å². The molecule has 0 radical (unpaired) electrons. The minimum atomic E-state index is 0.196. The zero-order valence-corrected chi connectivity index (χ0v) is 12.2. The highest BCUT2D eigenvalue weighted by Crippen LogP contribution is 2.57. The summed E-state index contributed by atoms with van der Waals surface area (Å²) in [6.07, 6.45) is 2.43. The Morgan fingerprint density at radius 3 is 2.55 bits per heavy atom. The van der Waals surface area contributed by atoms with Crippen LogP contribution < -0.4 is 0 Å². The Morgan fingerprint density at radius 2 is 1.85 bits per heavy atom. The summed E-state index contributed by atoms with van der Waals surface area (Å²) in [5.74, 6) is 0.360. The average molecular weight is 280 g/mol. The van der Waals surface area contributed by atoms with Gasteiger partial charge in [-0.2, -0.15) is 0 Å². The highest BCUT2D eigenvalue weighted by molar-refractivity contribution is 7.19. The topological polar surface area (TPSA) is 20.2 Å². The van der Waals surface area contributed by atoms with Crippen molar-refractivity contribution in [3.8, 4) is 5.75 Å². The molecule has 100 valence electrons. The van der Waals surface area contributed by atoms with Gasteiger partial charge in [-0.25, -0.2) is 0 Å². The van der Waals surface area contributed by atoms with Crippen LogP contribution in [0.5, 0.6) is 5.75 Å². The van der Waals surface area contributed by atoms with Gasteiger partial charge in [0.15, 0.2) is 0 Å². The molecule has 0 amide bonds. The van der Waals surface area contributed by atoms with Crippen LogP contribution >= 0.6 is 11.3 Å². The van der Waals surface area contributed by atoms with E-state index >= 15 is 0 Å². The van der Waals surface area contributed by atoms with Crippen molar-refractivity contribution in [2.45, 2.75) is 25.2 Å². The zero-order chi connectivity index (χ0) is 13.7. The van der Waals surface area contributed by atoms with E-state index in [2.05, 4.69) is 43.3 Å². The van der Waals surface area contributed by atoms with Crippen LogP contribution in [-0.4, -0.2) is 5.11 Å². The molecule has 1 heterocycles. The summed E-state index contributed by atoms with van der Waals surface area (Å²) in [6.45, 7) is 2.10. The number of phenols is 1. The van der Waals surface area contributed by atoms with E-state index in [1.54, 1.807) is 0 Å². The first-order chi connectivity index (χ1) is 9.69. The minimum absolute atomic E-state index is 0.196. The Hall–Kier alpha value is -1.80. The second-order valence-corrected chi connectivity index (χ2v) is 6.81. The number of aromatic hydroxyl groups is 1. The Kier molecular flexibility index (Phi) is 2.45. The fourth-order valence-corrected chi connectivity index (χ4v) is 4.50. The number of aryl methyl sites for hydroxylation is 1. The summed E-state index contributed by atoms with van der Waals surface area (Å²) < 4.78 is 1.37. The molecule has 1 aliphatic carbocycles. The summed E-state index contributed by atoms with van der Waals surface area (Å²) in [4.78, 5) is 1.47. The number of hydrogen-bond donors (Lipinski definition) is 1. The van der Waals surface area contributed by atoms with Crippen molar-refractivity contribution in [2.24, 2.45) is 0 Å². The fraction of sp³-hybridized carbons (Fsp3) is 0.222. The highest BCUT2D eigenvalue weighted by atomic mass is 32.1. The number of benzene rings is 2. The van der Waals surface area contributed by atoms with Gasteiger partial charge in [-0.15, -0.1) is 11.3 Å². The van der Waals surface area contributed by atoms with Gasteiger partial charge in [0, 0.05) is 15.0 Å². The van der Waals surface area contributed by atoms with Crippen LogP contribution in [0.25, 0.3) is 10.1 Å². The van der Waals surface area contributed by atoms with Gasteiger partial charge in [-0.3, -0.25) is 0 Å². The molecule has 1 nitrogen and oxygen atoms in total. The third kappa shape index (κ3) is 1.68. The molecule has 4 rings (SSSR count). The first kappa shape index (κ1) is 12.0. The van der Waals surface area contributed by atoms with Gasteiger partial charge in [0.2, 0.25) is 0 Å². The molecule has 1 fully saturated rings. The van der Waals surface area contributed by atoms with Crippen LogP contribution in [0, 0.1) is 6.92 Å². The molecule has 0 atom stereocenters. The van der Waals surface area contributed by atoms with E-state index in [0.29, 0.717) is 5.75 Å². The molecular formula is C18H16OS. The third-order valence-corrected chi connectivity index (χ3v) is 5.69. The van der Waals surface area contributed by atoms with Gasteiger partial charge >= 0.3 is 0 Å². The molecule has 0 aliphatic heterocycles. The van der Waals surface area contributed by atoms with E-state index in [9.17, 15) is 5.11 Å². The largest absolute Gasteiger partial charge is 0.508 e. The quantitative estimate of drug-likeness (QED) is 0.700. The SMILES string of the molecule is Cc1cc(O)ccc1C1(c2cc3ccccc3s2)CC1. The summed E-state index contributed by atoms with van der Waals surface area (Å²) in [5, 5.41) is 11.0. The zero-order valence-electron chi connectivity index (χ0n) is 11.4. The lowest BCUT2D eigenvalue weighted by atomic mass is 9.90. The van der Waals surface area contributed by atoms with Gasteiger partial charge < -0.3 is 5.11 Å². The van der Waals surface area contributed by atoms with E-state index in [0.717, 1.165) is 0 Å². The summed E-state index contributed by atoms with van der Waals surface area (Å²) in [7, 11) is 0.